The van der Waals surface area contributed by atoms with Crippen LogP contribution in [0.25, 0.3) is 11.4 Å². The molecule has 1 amide bonds. The van der Waals surface area contributed by atoms with Crippen LogP contribution in [0, 0.1) is 13.8 Å². The molecule has 0 atom stereocenters. The molecule has 2 fully saturated rings. The molecule has 2 aromatic carbocycles. The van der Waals surface area contributed by atoms with Gasteiger partial charge in [0.15, 0.2) is 0 Å². The molecule has 3 aromatic rings. The monoisotopic (exact) mass is 459 g/mol. The van der Waals surface area contributed by atoms with Gasteiger partial charge in [-0.3, -0.25) is 4.79 Å². The van der Waals surface area contributed by atoms with Crippen molar-refractivity contribution in [3.8, 4) is 11.4 Å². The largest absolute Gasteiger partial charge is 0.372 e. The van der Waals surface area contributed by atoms with Gasteiger partial charge in [0.2, 0.25) is 17.6 Å². The van der Waals surface area contributed by atoms with Crippen LogP contribution in [0.4, 0.5) is 11.4 Å². The minimum absolute atomic E-state index is 0.148. The molecule has 7 heteroatoms. The number of carbonyl (C=O) groups is 1. The number of aryl methyl sites for hydroxylation is 3. The molecular weight excluding hydrogens is 426 g/mol. The molecule has 0 aliphatic carbocycles. The van der Waals surface area contributed by atoms with Crippen LogP contribution >= 0.6 is 0 Å². The van der Waals surface area contributed by atoms with Crippen LogP contribution in [0.15, 0.2) is 47.0 Å². The number of aromatic nitrogens is 2. The highest BCUT2D eigenvalue weighted by Gasteiger charge is 2.23. The second-order valence-electron chi connectivity index (χ2n) is 9.41. The molecular formula is C27H33N5O2. The summed E-state index contributed by atoms with van der Waals surface area (Å²) in [7, 11) is 0. The van der Waals surface area contributed by atoms with E-state index in [4.69, 9.17) is 4.52 Å². The van der Waals surface area contributed by atoms with Crippen molar-refractivity contribution in [2.45, 2.75) is 39.5 Å². The van der Waals surface area contributed by atoms with Crippen LogP contribution in [0.3, 0.4) is 0 Å². The van der Waals surface area contributed by atoms with Crippen LogP contribution in [0.5, 0.6) is 0 Å². The van der Waals surface area contributed by atoms with E-state index < -0.39 is 0 Å². The van der Waals surface area contributed by atoms with Gasteiger partial charge in [0.25, 0.3) is 0 Å². The number of nitrogens with zero attached hydrogens (tertiary/aromatic N) is 5. The van der Waals surface area contributed by atoms with Crippen molar-refractivity contribution < 1.29 is 9.32 Å². The number of anilines is 2. The summed E-state index contributed by atoms with van der Waals surface area (Å²) in [6.45, 7) is 9.71. The second-order valence-corrected chi connectivity index (χ2v) is 9.41. The van der Waals surface area contributed by atoms with E-state index >= 15 is 0 Å². The topological polar surface area (TPSA) is 65.7 Å². The Morgan fingerprint density at radius 2 is 1.65 bits per heavy atom. The van der Waals surface area contributed by atoms with Gasteiger partial charge in [0.1, 0.15) is 0 Å². The predicted molar refractivity (Wildman–Crippen MR) is 134 cm³/mol. The van der Waals surface area contributed by atoms with Gasteiger partial charge in [-0.25, -0.2) is 0 Å². The summed E-state index contributed by atoms with van der Waals surface area (Å²) < 4.78 is 5.44. The molecule has 0 radical (unpaired) electrons. The molecule has 3 heterocycles. The fraction of sp³-hybridized carbons (Fsp3) is 0.444. The quantitative estimate of drug-likeness (QED) is 0.550. The lowest BCUT2D eigenvalue weighted by Crippen LogP contribution is -2.49. The summed E-state index contributed by atoms with van der Waals surface area (Å²) in [6, 6.07) is 14.9. The van der Waals surface area contributed by atoms with E-state index in [-0.39, 0.29) is 5.91 Å². The Hall–Kier alpha value is -3.35. The predicted octanol–water partition coefficient (Wildman–Crippen LogP) is 4.24. The highest BCUT2D eigenvalue weighted by molar-refractivity contribution is 5.76. The summed E-state index contributed by atoms with van der Waals surface area (Å²) in [5.74, 6) is 1.24. The third-order valence-electron chi connectivity index (χ3n) is 6.96. The minimum Gasteiger partial charge on any atom is -0.372 e. The molecule has 0 saturated carbocycles. The van der Waals surface area contributed by atoms with Crippen molar-refractivity contribution in [2.24, 2.45) is 0 Å². The lowest BCUT2D eigenvalue weighted by molar-refractivity contribution is -0.131. The molecule has 2 aliphatic heterocycles. The van der Waals surface area contributed by atoms with Crippen LogP contribution in [-0.2, 0) is 11.2 Å². The fourth-order valence-corrected chi connectivity index (χ4v) is 4.90. The van der Waals surface area contributed by atoms with Gasteiger partial charge in [-0.15, -0.1) is 0 Å². The van der Waals surface area contributed by atoms with Crippen molar-refractivity contribution in [2.75, 3.05) is 49.1 Å². The minimum atomic E-state index is 0.148. The number of rotatable bonds is 6. The molecule has 0 spiro atoms. The number of carbonyl (C=O) groups excluding carboxylic acids is 1. The van der Waals surface area contributed by atoms with Gasteiger partial charge in [-0.2, -0.15) is 4.98 Å². The van der Waals surface area contributed by atoms with Gasteiger partial charge in [-0.1, -0.05) is 17.3 Å². The van der Waals surface area contributed by atoms with Crippen LogP contribution in [-0.4, -0.2) is 60.2 Å². The highest BCUT2D eigenvalue weighted by Crippen LogP contribution is 2.25. The lowest BCUT2D eigenvalue weighted by atomic mass is 10.1. The van der Waals surface area contributed by atoms with Crippen molar-refractivity contribution in [1.82, 2.24) is 15.0 Å². The van der Waals surface area contributed by atoms with Crippen molar-refractivity contribution in [3.63, 3.8) is 0 Å². The number of hydrogen-bond donors (Lipinski definition) is 0. The van der Waals surface area contributed by atoms with Crippen LogP contribution < -0.4 is 9.80 Å². The van der Waals surface area contributed by atoms with Gasteiger partial charge in [-0.05, 0) is 68.1 Å². The average molecular weight is 460 g/mol. The normalized spacial score (nSPS) is 16.4. The summed E-state index contributed by atoms with van der Waals surface area (Å²) in [5, 5.41) is 4.13. The Balaban J connectivity index is 1.12. The average Bonchev–Trinajstić information content (AvgIpc) is 3.57. The Kier molecular flexibility index (Phi) is 6.52. The Bertz CT molecular complexity index is 1130. The molecule has 0 unspecified atom stereocenters. The highest BCUT2D eigenvalue weighted by atomic mass is 16.5. The molecule has 1 aromatic heterocycles. The van der Waals surface area contributed by atoms with E-state index in [1.165, 1.54) is 35.3 Å². The SMILES string of the molecule is Cc1ccc(C)c(N2CCN(C(=O)CCc3nc(-c4ccc(N5CCCC5)cc4)no3)CC2)c1. The van der Waals surface area contributed by atoms with Crippen molar-refractivity contribution >= 4 is 17.3 Å². The standard InChI is InChI=1S/C27H33N5O2/c1-20-5-6-21(2)24(19-20)31-15-17-32(18-16-31)26(33)12-11-25-28-27(29-34-25)22-7-9-23(10-8-22)30-13-3-4-14-30/h5-10,19H,3-4,11-18H2,1-2H3. The first-order valence-electron chi connectivity index (χ1n) is 12.3. The maximum atomic E-state index is 12.8. The maximum absolute atomic E-state index is 12.8. The van der Waals surface area contributed by atoms with Crippen molar-refractivity contribution in [1.29, 1.82) is 0 Å². The zero-order valence-electron chi connectivity index (χ0n) is 20.2. The summed E-state index contributed by atoms with van der Waals surface area (Å²) in [6.07, 6.45) is 3.38. The van der Waals surface area contributed by atoms with Crippen LogP contribution in [0.1, 0.15) is 36.3 Å². The van der Waals surface area contributed by atoms with Gasteiger partial charge in [0, 0.05) is 69.0 Å². The van der Waals surface area contributed by atoms with Gasteiger partial charge in [0.05, 0.1) is 0 Å². The zero-order chi connectivity index (χ0) is 23.5. The first-order chi connectivity index (χ1) is 16.6. The zero-order valence-corrected chi connectivity index (χ0v) is 20.2. The van der Waals surface area contributed by atoms with E-state index in [0.717, 1.165) is 44.8 Å². The third-order valence-corrected chi connectivity index (χ3v) is 6.96. The molecule has 5 rings (SSSR count). The molecule has 2 saturated heterocycles. The fourth-order valence-electron chi connectivity index (χ4n) is 4.90. The smallest absolute Gasteiger partial charge is 0.227 e. The lowest BCUT2D eigenvalue weighted by Gasteiger charge is -2.37. The molecule has 7 nitrogen and oxygen atoms in total. The van der Waals surface area contributed by atoms with E-state index in [0.29, 0.717) is 24.6 Å². The van der Waals surface area contributed by atoms with E-state index in [9.17, 15) is 4.79 Å². The van der Waals surface area contributed by atoms with E-state index in [1.54, 1.807) is 0 Å². The van der Waals surface area contributed by atoms with E-state index in [1.807, 2.05) is 17.0 Å². The Morgan fingerprint density at radius 3 is 2.38 bits per heavy atom. The van der Waals surface area contributed by atoms with Crippen molar-refractivity contribution in [3.05, 3.63) is 59.5 Å². The first kappa shape index (κ1) is 22.4. The summed E-state index contributed by atoms with van der Waals surface area (Å²) in [4.78, 5) is 24.0. The van der Waals surface area contributed by atoms with Crippen LogP contribution in [0.2, 0.25) is 0 Å². The van der Waals surface area contributed by atoms with Gasteiger partial charge < -0.3 is 19.2 Å². The molecule has 2 aliphatic rings. The maximum Gasteiger partial charge on any atom is 0.227 e. The Morgan fingerprint density at radius 1 is 0.912 bits per heavy atom. The molecule has 178 valence electrons. The van der Waals surface area contributed by atoms with Gasteiger partial charge >= 0.3 is 0 Å². The number of benzene rings is 2. The number of hydrogen-bond acceptors (Lipinski definition) is 6. The first-order valence-corrected chi connectivity index (χ1v) is 12.3. The molecule has 0 bridgehead atoms. The molecule has 0 N–H and O–H groups in total. The van der Waals surface area contributed by atoms with E-state index in [2.05, 4.69) is 64.1 Å². The second kappa shape index (κ2) is 9.87. The number of piperazine rings is 1. The summed E-state index contributed by atoms with van der Waals surface area (Å²) >= 11 is 0. The molecule has 34 heavy (non-hydrogen) atoms. The Labute approximate surface area is 201 Å². The number of amides is 1. The summed E-state index contributed by atoms with van der Waals surface area (Å²) in [5.41, 5.74) is 6.00. The third kappa shape index (κ3) is 4.93.